The molecule has 25 heavy (non-hydrogen) atoms. The summed E-state index contributed by atoms with van der Waals surface area (Å²) >= 11 is 5.93. The molecule has 0 aliphatic carbocycles. The van der Waals surface area contributed by atoms with Crippen LogP contribution in [0.4, 0.5) is 15.8 Å². The molecular weight excluding hydrogens is 345 g/mol. The van der Waals surface area contributed by atoms with Gasteiger partial charge in [0.2, 0.25) is 0 Å². The molecule has 0 saturated heterocycles. The zero-order valence-electron chi connectivity index (χ0n) is 14.0. The summed E-state index contributed by atoms with van der Waals surface area (Å²) in [6.45, 7) is 2.07. The van der Waals surface area contributed by atoms with Crippen molar-refractivity contribution in [3.63, 3.8) is 0 Å². The first-order valence-electron chi connectivity index (χ1n) is 7.76. The molecule has 0 aromatic heterocycles. The van der Waals surface area contributed by atoms with Gasteiger partial charge < -0.3 is 15.5 Å². The van der Waals surface area contributed by atoms with Crippen LogP contribution in [0.2, 0.25) is 5.02 Å². The lowest BCUT2D eigenvalue weighted by molar-refractivity contribution is -0.862. The molecule has 3 N–H and O–H groups in total. The standard InChI is InChI=1S/C18H19ClFN3O2/c1-12-6-7-13(19)8-16(12)22-18(25)11-23(2)10-17(24)21-15-5-3-4-14(20)9-15/h3-9H,10-11H2,1-2H3,(H,21,24)(H,22,25)/p+1. The van der Waals surface area contributed by atoms with Crippen LogP contribution in [0.1, 0.15) is 5.56 Å². The first kappa shape index (κ1) is 18.9. The first-order valence-corrected chi connectivity index (χ1v) is 8.14. The van der Waals surface area contributed by atoms with Crippen molar-refractivity contribution in [1.29, 1.82) is 0 Å². The van der Waals surface area contributed by atoms with E-state index in [1.165, 1.54) is 18.2 Å². The van der Waals surface area contributed by atoms with Gasteiger partial charge in [0.1, 0.15) is 5.82 Å². The molecule has 1 unspecified atom stereocenters. The molecule has 2 amide bonds. The molecule has 0 aliphatic heterocycles. The summed E-state index contributed by atoms with van der Waals surface area (Å²) in [4.78, 5) is 24.8. The van der Waals surface area contributed by atoms with E-state index in [4.69, 9.17) is 11.6 Å². The Hall–Kier alpha value is -2.44. The number of amides is 2. The van der Waals surface area contributed by atoms with Crippen LogP contribution in [0, 0.1) is 12.7 Å². The summed E-state index contributed by atoms with van der Waals surface area (Å²) in [7, 11) is 1.73. The first-order chi connectivity index (χ1) is 11.8. The number of nitrogens with one attached hydrogen (secondary N) is 3. The zero-order chi connectivity index (χ0) is 18.4. The summed E-state index contributed by atoms with van der Waals surface area (Å²) < 4.78 is 13.1. The Morgan fingerprint density at radius 3 is 2.44 bits per heavy atom. The normalized spacial score (nSPS) is 11.7. The van der Waals surface area contributed by atoms with Crippen molar-refractivity contribution in [2.24, 2.45) is 0 Å². The second-order valence-corrected chi connectivity index (χ2v) is 6.31. The van der Waals surface area contributed by atoms with E-state index in [1.807, 2.05) is 13.0 Å². The number of aryl methyl sites for hydroxylation is 1. The zero-order valence-corrected chi connectivity index (χ0v) is 14.8. The number of benzene rings is 2. The van der Waals surface area contributed by atoms with E-state index in [0.29, 0.717) is 21.3 Å². The van der Waals surface area contributed by atoms with E-state index < -0.39 is 5.82 Å². The molecule has 5 nitrogen and oxygen atoms in total. The van der Waals surface area contributed by atoms with Gasteiger partial charge in [0.05, 0.1) is 7.05 Å². The van der Waals surface area contributed by atoms with Crippen LogP contribution in [0.25, 0.3) is 0 Å². The smallest absolute Gasteiger partial charge is 0.279 e. The highest BCUT2D eigenvalue weighted by Crippen LogP contribution is 2.19. The third-order valence-electron chi connectivity index (χ3n) is 3.51. The average molecular weight is 365 g/mol. The minimum atomic E-state index is -0.422. The minimum Gasteiger partial charge on any atom is -0.322 e. The van der Waals surface area contributed by atoms with Crippen LogP contribution in [0.3, 0.4) is 0 Å². The highest BCUT2D eigenvalue weighted by molar-refractivity contribution is 6.31. The van der Waals surface area contributed by atoms with Gasteiger partial charge in [0.15, 0.2) is 13.1 Å². The molecule has 2 aromatic carbocycles. The van der Waals surface area contributed by atoms with Gasteiger partial charge in [-0.3, -0.25) is 9.59 Å². The van der Waals surface area contributed by atoms with Crippen molar-refractivity contribution in [2.45, 2.75) is 6.92 Å². The Balaban J connectivity index is 1.84. The lowest BCUT2D eigenvalue weighted by atomic mass is 10.2. The quantitative estimate of drug-likeness (QED) is 0.733. The Morgan fingerprint density at radius 2 is 1.76 bits per heavy atom. The van der Waals surface area contributed by atoms with Gasteiger partial charge in [-0.05, 0) is 42.8 Å². The molecular formula is C18H20ClFN3O2+. The van der Waals surface area contributed by atoms with Crippen LogP contribution >= 0.6 is 11.6 Å². The molecule has 2 aromatic rings. The number of carbonyl (C=O) groups excluding carboxylic acids is 2. The minimum absolute atomic E-state index is 0.0818. The Labute approximate surface area is 150 Å². The average Bonchev–Trinajstić information content (AvgIpc) is 2.50. The maximum Gasteiger partial charge on any atom is 0.279 e. The van der Waals surface area contributed by atoms with E-state index in [1.54, 1.807) is 25.2 Å². The van der Waals surface area contributed by atoms with Crippen LogP contribution in [-0.2, 0) is 9.59 Å². The Bertz CT molecular complexity index is 783. The monoisotopic (exact) mass is 364 g/mol. The van der Waals surface area contributed by atoms with Gasteiger partial charge in [-0.15, -0.1) is 0 Å². The van der Waals surface area contributed by atoms with Gasteiger partial charge in [0.25, 0.3) is 11.8 Å². The van der Waals surface area contributed by atoms with E-state index in [2.05, 4.69) is 10.6 Å². The van der Waals surface area contributed by atoms with Gasteiger partial charge >= 0.3 is 0 Å². The van der Waals surface area contributed by atoms with E-state index in [9.17, 15) is 14.0 Å². The molecule has 0 heterocycles. The second kappa shape index (κ2) is 8.60. The maximum absolute atomic E-state index is 13.1. The number of hydrogen-bond acceptors (Lipinski definition) is 2. The highest BCUT2D eigenvalue weighted by atomic mass is 35.5. The number of likely N-dealkylation sites (N-methyl/N-ethyl adjacent to an activating group) is 1. The maximum atomic E-state index is 13.1. The van der Waals surface area contributed by atoms with Crippen LogP contribution in [0.15, 0.2) is 42.5 Å². The third kappa shape index (κ3) is 6.17. The van der Waals surface area contributed by atoms with E-state index >= 15 is 0 Å². The molecule has 0 saturated carbocycles. The highest BCUT2D eigenvalue weighted by Gasteiger charge is 2.15. The number of quaternary nitrogens is 1. The van der Waals surface area contributed by atoms with Gasteiger partial charge in [-0.2, -0.15) is 0 Å². The molecule has 7 heteroatoms. The molecule has 0 spiro atoms. The second-order valence-electron chi connectivity index (χ2n) is 5.88. The summed E-state index contributed by atoms with van der Waals surface area (Å²) in [5, 5.41) is 5.93. The topological polar surface area (TPSA) is 62.6 Å². The predicted molar refractivity (Wildman–Crippen MR) is 96.5 cm³/mol. The van der Waals surface area contributed by atoms with Crippen LogP contribution in [0.5, 0.6) is 0 Å². The van der Waals surface area contributed by atoms with E-state index in [0.717, 1.165) is 5.56 Å². The molecule has 2 rings (SSSR count). The van der Waals surface area contributed by atoms with Crippen LogP contribution in [-0.4, -0.2) is 32.0 Å². The van der Waals surface area contributed by atoms with Crippen molar-refractivity contribution < 1.29 is 18.9 Å². The number of carbonyl (C=O) groups is 2. The number of rotatable bonds is 6. The number of hydrogen-bond donors (Lipinski definition) is 3. The summed E-state index contributed by atoms with van der Waals surface area (Å²) in [6, 6.07) is 10.9. The van der Waals surface area contributed by atoms with Gasteiger partial charge in [0, 0.05) is 16.4 Å². The summed E-state index contributed by atoms with van der Waals surface area (Å²) in [5.41, 5.74) is 1.94. The molecule has 132 valence electrons. The fourth-order valence-corrected chi connectivity index (χ4v) is 2.48. The Morgan fingerprint density at radius 1 is 1.08 bits per heavy atom. The third-order valence-corrected chi connectivity index (χ3v) is 3.74. The predicted octanol–water partition coefficient (Wildman–Crippen LogP) is 1.88. The van der Waals surface area contributed by atoms with Crippen molar-refractivity contribution in [1.82, 2.24) is 0 Å². The molecule has 0 aliphatic rings. The lowest BCUT2D eigenvalue weighted by Gasteiger charge is -2.14. The molecule has 0 radical (unpaired) electrons. The fraction of sp³-hybridized carbons (Fsp3) is 0.222. The molecule has 0 fully saturated rings. The summed E-state index contributed by atoms with van der Waals surface area (Å²) in [5.74, 6) is -0.939. The SMILES string of the molecule is Cc1ccc(Cl)cc1NC(=O)C[NH+](C)CC(=O)Nc1cccc(F)c1. The Kier molecular flexibility index (Phi) is 6.50. The molecule has 1 atom stereocenters. The number of halogens is 2. The van der Waals surface area contributed by atoms with Crippen molar-refractivity contribution in [3.05, 3.63) is 58.9 Å². The van der Waals surface area contributed by atoms with Crippen LogP contribution < -0.4 is 15.5 Å². The fourth-order valence-electron chi connectivity index (χ4n) is 2.31. The van der Waals surface area contributed by atoms with E-state index in [-0.39, 0.29) is 24.9 Å². The molecule has 0 bridgehead atoms. The summed E-state index contributed by atoms with van der Waals surface area (Å²) in [6.07, 6.45) is 0. The lowest BCUT2D eigenvalue weighted by Crippen LogP contribution is -3.11. The van der Waals surface area contributed by atoms with Gasteiger partial charge in [-0.1, -0.05) is 23.7 Å². The largest absolute Gasteiger partial charge is 0.322 e. The van der Waals surface area contributed by atoms with Crippen molar-refractivity contribution in [2.75, 3.05) is 30.8 Å². The van der Waals surface area contributed by atoms with Crippen molar-refractivity contribution >= 4 is 34.8 Å². The van der Waals surface area contributed by atoms with Gasteiger partial charge in [-0.25, -0.2) is 4.39 Å². The van der Waals surface area contributed by atoms with Crippen molar-refractivity contribution in [3.8, 4) is 0 Å². The number of anilines is 2.